The molecule has 0 N–H and O–H groups in total. The molecule has 110 valence electrons. The number of alkyl halides is 3. The third kappa shape index (κ3) is 4.47. The van der Waals surface area contributed by atoms with Crippen molar-refractivity contribution in [3.63, 3.8) is 0 Å². The predicted molar refractivity (Wildman–Crippen MR) is 66.0 cm³/mol. The molecule has 1 aromatic rings. The van der Waals surface area contributed by atoms with Gasteiger partial charge in [0.05, 0.1) is 18.5 Å². The Labute approximate surface area is 123 Å². The van der Waals surface area contributed by atoms with Gasteiger partial charge in [-0.3, -0.25) is 14.9 Å². The van der Waals surface area contributed by atoms with E-state index in [4.69, 9.17) is 0 Å². The first-order chi connectivity index (χ1) is 9.14. The fraction of sp³-hybridized carbons (Fsp3) is 0.333. The first-order valence-corrected chi connectivity index (χ1v) is 5.88. The van der Waals surface area contributed by atoms with Gasteiger partial charge in [0.15, 0.2) is 0 Å². The Kier molecular flexibility index (Phi) is 5.08. The van der Waals surface area contributed by atoms with Crippen LogP contribution in [0.4, 0.5) is 18.9 Å². The number of rotatable bonds is 4. The number of nitrogens with zero attached hydrogens (tertiary/aromatic N) is 2. The first-order valence-electron chi connectivity index (χ1n) is 4.80. The first kappa shape index (κ1) is 16.4. The number of methoxy groups -OCH3 is 1. The molecule has 0 radical (unpaired) electrons. The molecule has 0 aliphatic carbocycles. The Bertz CT molecular complexity index is 549. The Hall–Kier alpha value is -1.66. The van der Waals surface area contributed by atoms with Crippen molar-refractivity contribution in [3.05, 3.63) is 25.4 Å². The summed E-state index contributed by atoms with van der Waals surface area (Å²) in [5, 5.41) is 10.8. The van der Waals surface area contributed by atoms with Crippen molar-refractivity contribution in [1.82, 2.24) is 4.98 Å². The van der Waals surface area contributed by atoms with Crippen molar-refractivity contribution in [2.45, 2.75) is 12.8 Å². The van der Waals surface area contributed by atoms with Gasteiger partial charge in [-0.1, -0.05) is 0 Å². The molecule has 0 saturated heterocycles. The van der Waals surface area contributed by atoms with E-state index in [9.17, 15) is 28.1 Å². The number of esters is 1. The van der Waals surface area contributed by atoms with E-state index in [1.54, 1.807) is 0 Å². The second-order valence-electron chi connectivity index (χ2n) is 3.31. The van der Waals surface area contributed by atoms with Crippen LogP contribution in [-0.4, -0.2) is 29.3 Å². The van der Waals surface area contributed by atoms with Crippen LogP contribution in [0.3, 0.4) is 0 Å². The summed E-state index contributed by atoms with van der Waals surface area (Å²) in [4.78, 5) is 24.5. The second kappa shape index (κ2) is 6.19. The molecular formula is C9H6F3IN2O5. The summed E-state index contributed by atoms with van der Waals surface area (Å²) in [6.45, 7) is 0. The number of ether oxygens (including phenoxy) is 2. The van der Waals surface area contributed by atoms with Crippen molar-refractivity contribution >= 4 is 34.2 Å². The third-order valence-corrected chi connectivity index (χ3v) is 2.54. The maximum absolute atomic E-state index is 12.3. The monoisotopic (exact) mass is 406 g/mol. The SMILES string of the molecule is COC(=O)Cc1c([N+](=O)[O-])cc(I)nc1OC(F)(F)F. The molecule has 0 unspecified atom stereocenters. The minimum Gasteiger partial charge on any atom is -0.469 e. The van der Waals surface area contributed by atoms with E-state index in [0.29, 0.717) is 0 Å². The number of hydrogen-bond donors (Lipinski definition) is 0. The zero-order valence-corrected chi connectivity index (χ0v) is 11.9. The fourth-order valence-electron chi connectivity index (χ4n) is 1.25. The molecule has 0 aliphatic rings. The molecule has 0 atom stereocenters. The van der Waals surface area contributed by atoms with E-state index in [0.717, 1.165) is 13.2 Å². The Morgan fingerprint density at radius 2 is 2.15 bits per heavy atom. The normalized spacial score (nSPS) is 11.1. The van der Waals surface area contributed by atoms with E-state index in [2.05, 4.69) is 14.5 Å². The lowest BCUT2D eigenvalue weighted by atomic mass is 10.1. The van der Waals surface area contributed by atoms with Crippen LogP contribution in [0, 0.1) is 13.8 Å². The molecule has 0 fully saturated rings. The smallest absolute Gasteiger partial charge is 0.469 e. The number of pyridine rings is 1. The highest BCUT2D eigenvalue weighted by Crippen LogP contribution is 2.32. The number of halogens is 4. The molecule has 1 rings (SSSR count). The zero-order chi connectivity index (χ0) is 15.5. The summed E-state index contributed by atoms with van der Waals surface area (Å²) in [5.74, 6) is -2.00. The summed E-state index contributed by atoms with van der Waals surface area (Å²) in [6, 6.07) is 0.933. The topological polar surface area (TPSA) is 91.6 Å². The highest BCUT2D eigenvalue weighted by atomic mass is 127. The molecule has 0 bridgehead atoms. The Morgan fingerprint density at radius 3 is 2.60 bits per heavy atom. The Balaban J connectivity index is 3.38. The van der Waals surface area contributed by atoms with E-state index in [1.807, 2.05) is 0 Å². The second-order valence-corrected chi connectivity index (χ2v) is 4.41. The minimum atomic E-state index is -5.09. The largest absolute Gasteiger partial charge is 0.574 e. The van der Waals surface area contributed by atoms with Crippen molar-refractivity contribution < 1.29 is 32.4 Å². The number of aromatic nitrogens is 1. The van der Waals surface area contributed by atoms with E-state index < -0.39 is 40.8 Å². The van der Waals surface area contributed by atoms with Crippen molar-refractivity contribution in [2.75, 3.05) is 7.11 Å². The highest BCUT2D eigenvalue weighted by molar-refractivity contribution is 14.1. The van der Waals surface area contributed by atoms with Crippen LogP contribution in [-0.2, 0) is 16.0 Å². The molecule has 20 heavy (non-hydrogen) atoms. The van der Waals surface area contributed by atoms with Crippen LogP contribution in [0.5, 0.6) is 5.88 Å². The quantitative estimate of drug-likeness (QED) is 0.250. The van der Waals surface area contributed by atoms with Gasteiger partial charge in [-0.05, 0) is 22.6 Å². The number of carbonyl (C=O) groups is 1. The molecule has 0 aliphatic heterocycles. The van der Waals surface area contributed by atoms with Crippen LogP contribution in [0.1, 0.15) is 5.56 Å². The zero-order valence-electron chi connectivity index (χ0n) is 9.73. The summed E-state index contributed by atoms with van der Waals surface area (Å²) in [5.41, 5.74) is -1.30. The van der Waals surface area contributed by atoms with Crippen molar-refractivity contribution in [2.24, 2.45) is 0 Å². The van der Waals surface area contributed by atoms with Gasteiger partial charge in [-0.15, -0.1) is 13.2 Å². The van der Waals surface area contributed by atoms with Crippen LogP contribution in [0.25, 0.3) is 0 Å². The standard InChI is InChI=1S/C9H6F3IN2O5/c1-19-7(16)2-4-5(15(17)18)3-6(13)14-8(4)20-9(10,11)12/h3H,2H2,1H3. The molecule has 11 heteroatoms. The van der Waals surface area contributed by atoms with Gasteiger partial charge < -0.3 is 9.47 Å². The molecular weight excluding hydrogens is 400 g/mol. The highest BCUT2D eigenvalue weighted by Gasteiger charge is 2.35. The van der Waals surface area contributed by atoms with E-state index in [-0.39, 0.29) is 3.70 Å². The molecule has 0 amide bonds. The molecule has 0 saturated carbocycles. The van der Waals surface area contributed by atoms with Gasteiger partial charge in [-0.2, -0.15) is 0 Å². The average molecular weight is 406 g/mol. The van der Waals surface area contributed by atoms with Gasteiger partial charge >= 0.3 is 12.3 Å². The number of carbonyl (C=O) groups excluding carboxylic acids is 1. The lowest BCUT2D eigenvalue weighted by Gasteiger charge is -2.12. The summed E-state index contributed by atoms with van der Waals surface area (Å²) in [6.07, 6.45) is -5.85. The van der Waals surface area contributed by atoms with Crippen LogP contribution in [0.15, 0.2) is 6.07 Å². The molecule has 1 aromatic heterocycles. The Morgan fingerprint density at radius 1 is 1.55 bits per heavy atom. The predicted octanol–water partition coefficient (Wildman–Crippen LogP) is 2.21. The average Bonchev–Trinajstić information content (AvgIpc) is 2.29. The van der Waals surface area contributed by atoms with Gasteiger partial charge in [0.25, 0.3) is 5.69 Å². The van der Waals surface area contributed by atoms with Gasteiger partial charge in [0.1, 0.15) is 9.26 Å². The minimum absolute atomic E-state index is 0.0813. The third-order valence-electron chi connectivity index (χ3n) is 1.99. The summed E-state index contributed by atoms with van der Waals surface area (Å²) < 4.78 is 44.6. The van der Waals surface area contributed by atoms with Crippen LogP contribution < -0.4 is 4.74 Å². The lowest BCUT2D eigenvalue weighted by Crippen LogP contribution is -2.21. The van der Waals surface area contributed by atoms with Crippen LogP contribution >= 0.6 is 22.6 Å². The number of hydrogen-bond acceptors (Lipinski definition) is 6. The molecule has 0 aromatic carbocycles. The fourth-order valence-corrected chi connectivity index (χ4v) is 1.76. The molecule has 7 nitrogen and oxygen atoms in total. The lowest BCUT2D eigenvalue weighted by molar-refractivity contribution is -0.386. The van der Waals surface area contributed by atoms with Gasteiger partial charge in [0, 0.05) is 6.07 Å². The molecule has 0 spiro atoms. The summed E-state index contributed by atoms with van der Waals surface area (Å²) >= 11 is 1.50. The van der Waals surface area contributed by atoms with Gasteiger partial charge in [0.2, 0.25) is 5.88 Å². The van der Waals surface area contributed by atoms with Crippen molar-refractivity contribution in [1.29, 1.82) is 0 Å². The van der Waals surface area contributed by atoms with Gasteiger partial charge in [-0.25, -0.2) is 4.98 Å². The van der Waals surface area contributed by atoms with Crippen molar-refractivity contribution in [3.8, 4) is 5.88 Å². The van der Waals surface area contributed by atoms with E-state index in [1.165, 1.54) is 22.6 Å². The number of nitro groups is 1. The maximum atomic E-state index is 12.3. The maximum Gasteiger partial charge on any atom is 0.574 e. The summed E-state index contributed by atoms with van der Waals surface area (Å²) in [7, 11) is 0.999. The van der Waals surface area contributed by atoms with E-state index >= 15 is 0 Å². The molecule has 1 heterocycles. The van der Waals surface area contributed by atoms with Crippen LogP contribution in [0.2, 0.25) is 0 Å².